The van der Waals surface area contributed by atoms with Crippen LogP contribution < -0.4 is 5.32 Å². The Labute approximate surface area is 113 Å². The molecule has 1 heterocycles. The molecule has 1 unspecified atom stereocenters. The third kappa shape index (κ3) is 3.64. The van der Waals surface area contributed by atoms with E-state index in [1.807, 2.05) is 11.8 Å². The van der Waals surface area contributed by atoms with Crippen molar-refractivity contribution >= 4 is 23.4 Å². The van der Waals surface area contributed by atoms with E-state index in [4.69, 9.17) is 11.6 Å². The van der Waals surface area contributed by atoms with Gasteiger partial charge in [-0.25, -0.2) is 0 Å². The molecular formula is C14H20ClNS. The molecule has 0 amide bonds. The van der Waals surface area contributed by atoms with Gasteiger partial charge in [0.05, 0.1) is 5.02 Å². The second-order valence-electron chi connectivity index (χ2n) is 4.86. The lowest BCUT2D eigenvalue weighted by atomic mass is 9.98. The van der Waals surface area contributed by atoms with Crippen LogP contribution in [0.15, 0.2) is 23.1 Å². The van der Waals surface area contributed by atoms with Crippen molar-refractivity contribution < 1.29 is 0 Å². The average Bonchev–Trinajstić information content (AvgIpc) is 2.32. The third-order valence-electron chi connectivity index (χ3n) is 3.03. The van der Waals surface area contributed by atoms with E-state index < -0.39 is 0 Å². The lowest BCUT2D eigenvalue weighted by molar-refractivity contribution is 0.412. The lowest BCUT2D eigenvalue weighted by Crippen LogP contribution is -2.26. The Morgan fingerprint density at radius 1 is 1.35 bits per heavy atom. The van der Waals surface area contributed by atoms with Gasteiger partial charge in [-0.1, -0.05) is 37.9 Å². The maximum Gasteiger partial charge on any atom is 0.0545 e. The summed E-state index contributed by atoms with van der Waals surface area (Å²) in [7, 11) is 0. The summed E-state index contributed by atoms with van der Waals surface area (Å²) in [5, 5.41) is 5.03. The van der Waals surface area contributed by atoms with Gasteiger partial charge in [-0.05, 0) is 37.1 Å². The predicted octanol–water partition coefficient (Wildman–Crippen LogP) is 4.66. The molecule has 3 heteroatoms. The van der Waals surface area contributed by atoms with E-state index in [9.17, 15) is 0 Å². The van der Waals surface area contributed by atoms with Gasteiger partial charge >= 0.3 is 0 Å². The molecule has 1 fully saturated rings. The van der Waals surface area contributed by atoms with Crippen molar-refractivity contribution in [2.24, 2.45) is 0 Å². The Bertz CT molecular complexity index is 372. The molecule has 0 spiro atoms. The molecule has 1 nitrogen and oxygen atoms in total. The number of nitrogens with one attached hydrogen (secondary N) is 1. The molecule has 2 rings (SSSR count). The number of halogens is 1. The largest absolute Gasteiger partial charge is 0.310 e. The number of thioether (sulfide) groups is 1. The Kier molecular flexibility index (Phi) is 4.78. The summed E-state index contributed by atoms with van der Waals surface area (Å²) in [5.41, 5.74) is 1.34. The van der Waals surface area contributed by atoms with Crippen molar-refractivity contribution in [1.82, 2.24) is 5.32 Å². The van der Waals surface area contributed by atoms with Crippen LogP contribution in [0.5, 0.6) is 0 Å². The number of benzene rings is 1. The quantitative estimate of drug-likeness (QED) is 0.802. The molecular weight excluding hydrogens is 250 g/mol. The van der Waals surface area contributed by atoms with Crippen LogP contribution in [0.1, 0.15) is 44.7 Å². The minimum Gasteiger partial charge on any atom is -0.310 e. The van der Waals surface area contributed by atoms with Crippen molar-refractivity contribution in [3.63, 3.8) is 0 Å². The summed E-state index contributed by atoms with van der Waals surface area (Å²) < 4.78 is 0. The first-order chi connectivity index (χ1) is 8.16. The van der Waals surface area contributed by atoms with E-state index in [2.05, 4.69) is 37.4 Å². The maximum absolute atomic E-state index is 6.34. The minimum absolute atomic E-state index is 0.499. The Balaban J connectivity index is 2.12. The van der Waals surface area contributed by atoms with Crippen molar-refractivity contribution in [3.05, 3.63) is 28.8 Å². The second kappa shape index (κ2) is 6.12. The van der Waals surface area contributed by atoms with Crippen molar-refractivity contribution in [2.75, 3.05) is 6.54 Å². The third-order valence-corrected chi connectivity index (χ3v) is 4.54. The van der Waals surface area contributed by atoms with Crippen LogP contribution in [-0.2, 0) is 0 Å². The monoisotopic (exact) mass is 269 g/mol. The standard InChI is InChI=1S/C14H20ClNS/c1-10(2)17-14-7-6-11(9-12(14)15)13-5-3-4-8-16-13/h6-7,9-10,13,16H,3-5,8H2,1-2H3. The zero-order valence-electron chi connectivity index (χ0n) is 10.5. The molecule has 1 aromatic carbocycles. The van der Waals surface area contributed by atoms with E-state index in [1.165, 1.54) is 29.7 Å². The van der Waals surface area contributed by atoms with Gasteiger partial charge in [0.15, 0.2) is 0 Å². The molecule has 1 aliphatic heterocycles. The van der Waals surface area contributed by atoms with E-state index in [1.54, 1.807) is 0 Å². The van der Waals surface area contributed by atoms with Gasteiger partial charge in [0.1, 0.15) is 0 Å². The zero-order valence-corrected chi connectivity index (χ0v) is 12.1. The van der Waals surface area contributed by atoms with Crippen LogP contribution in [0.25, 0.3) is 0 Å². The smallest absolute Gasteiger partial charge is 0.0545 e. The van der Waals surface area contributed by atoms with Crippen LogP contribution in [-0.4, -0.2) is 11.8 Å². The molecule has 0 aromatic heterocycles. The fourth-order valence-electron chi connectivity index (χ4n) is 2.22. The summed E-state index contributed by atoms with van der Waals surface area (Å²) in [5.74, 6) is 0. The maximum atomic E-state index is 6.34. The van der Waals surface area contributed by atoms with E-state index in [-0.39, 0.29) is 0 Å². The molecule has 1 atom stereocenters. The highest BCUT2D eigenvalue weighted by molar-refractivity contribution is 8.00. The van der Waals surface area contributed by atoms with E-state index in [0.29, 0.717) is 11.3 Å². The van der Waals surface area contributed by atoms with Gasteiger partial charge in [0, 0.05) is 16.2 Å². The topological polar surface area (TPSA) is 12.0 Å². The fraction of sp³-hybridized carbons (Fsp3) is 0.571. The van der Waals surface area contributed by atoms with Gasteiger partial charge in [-0.3, -0.25) is 0 Å². The molecule has 1 aromatic rings. The Morgan fingerprint density at radius 2 is 2.18 bits per heavy atom. The number of hydrogen-bond acceptors (Lipinski definition) is 2. The van der Waals surface area contributed by atoms with Crippen LogP contribution in [0.3, 0.4) is 0 Å². The molecule has 0 saturated carbocycles. The molecule has 1 aliphatic rings. The Hall–Kier alpha value is -0.180. The van der Waals surface area contributed by atoms with Crippen molar-refractivity contribution in [2.45, 2.75) is 49.3 Å². The number of rotatable bonds is 3. The highest BCUT2D eigenvalue weighted by Crippen LogP contribution is 2.33. The second-order valence-corrected chi connectivity index (χ2v) is 6.88. The summed E-state index contributed by atoms with van der Waals surface area (Å²) in [6.07, 6.45) is 3.84. The molecule has 17 heavy (non-hydrogen) atoms. The van der Waals surface area contributed by atoms with Crippen LogP contribution >= 0.6 is 23.4 Å². The van der Waals surface area contributed by atoms with E-state index in [0.717, 1.165) is 11.6 Å². The zero-order chi connectivity index (χ0) is 12.3. The van der Waals surface area contributed by atoms with Gasteiger partial charge in [-0.15, -0.1) is 11.8 Å². The lowest BCUT2D eigenvalue weighted by Gasteiger charge is -2.24. The summed E-state index contributed by atoms with van der Waals surface area (Å²) in [6, 6.07) is 7.02. The highest BCUT2D eigenvalue weighted by Gasteiger charge is 2.15. The van der Waals surface area contributed by atoms with Crippen molar-refractivity contribution in [3.8, 4) is 0 Å². The molecule has 1 N–H and O–H groups in total. The van der Waals surface area contributed by atoms with Gasteiger partial charge in [0.2, 0.25) is 0 Å². The number of piperidine rings is 1. The normalized spacial score (nSPS) is 20.8. The van der Waals surface area contributed by atoms with Gasteiger partial charge < -0.3 is 5.32 Å². The Morgan fingerprint density at radius 3 is 2.76 bits per heavy atom. The molecule has 0 aliphatic carbocycles. The molecule has 1 saturated heterocycles. The van der Waals surface area contributed by atoms with Crippen LogP contribution in [0.2, 0.25) is 5.02 Å². The van der Waals surface area contributed by atoms with E-state index >= 15 is 0 Å². The average molecular weight is 270 g/mol. The van der Waals surface area contributed by atoms with Crippen molar-refractivity contribution in [1.29, 1.82) is 0 Å². The summed E-state index contributed by atoms with van der Waals surface area (Å²) in [4.78, 5) is 1.20. The minimum atomic E-state index is 0.499. The molecule has 0 radical (unpaired) electrons. The van der Waals surface area contributed by atoms with Crippen LogP contribution in [0.4, 0.5) is 0 Å². The fourth-order valence-corrected chi connectivity index (χ4v) is 3.37. The predicted molar refractivity (Wildman–Crippen MR) is 77.0 cm³/mol. The SMILES string of the molecule is CC(C)Sc1ccc(C2CCCCN2)cc1Cl. The first-order valence-corrected chi connectivity index (χ1v) is 7.62. The highest BCUT2D eigenvalue weighted by atomic mass is 35.5. The summed E-state index contributed by atoms with van der Waals surface area (Å²) in [6.45, 7) is 5.51. The van der Waals surface area contributed by atoms with Crippen LogP contribution in [0, 0.1) is 0 Å². The number of hydrogen-bond donors (Lipinski definition) is 1. The molecule has 0 bridgehead atoms. The first kappa shape index (κ1) is 13.3. The first-order valence-electron chi connectivity index (χ1n) is 6.36. The van der Waals surface area contributed by atoms with Gasteiger partial charge in [0.25, 0.3) is 0 Å². The molecule has 94 valence electrons. The van der Waals surface area contributed by atoms with Gasteiger partial charge in [-0.2, -0.15) is 0 Å². The summed E-state index contributed by atoms with van der Waals surface area (Å²) >= 11 is 8.17.